The summed E-state index contributed by atoms with van der Waals surface area (Å²) in [6.07, 6.45) is 4.79. The van der Waals surface area contributed by atoms with Gasteiger partial charge in [0.1, 0.15) is 0 Å². The Morgan fingerprint density at radius 2 is 1.12 bits per heavy atom. The molecule has 1 unspecified atom stereocenters. The van der Waals surface area contributed by atoms with Crippen molar-refractivity contribution in [3.05, 3.63) is 171 Å². The Hall–Kier alpha value is -3.41. The molecule has 0 fully saturated rings. The van der Waals surface area contributed by atoms with Gasteiger partial charge in [-0.25, -0.2) is 0 Å². The molecule has 0 aliphatic heterocycles. The van der Waals surface area contributed by atoms with Gasteiger partial charge in [0.15, 0.2) is 0 Å². The van der Waals surface area contributed by atoms with Crippen molar-refractivity contribution in [1.82, 2.24) is 0 Å². The molecular weight excluding hydrogens is 584 g/mol. The van der Waals surface area contributed by atoms with Crippen molar-refractivity contribution < 1.29 is 21.3 Å². The molecule has 0 amide bonds. The van der Waals surface area contributed by atoms with Crippen LogP contribution in [0.3, 0.4) is 0 Å². The third kappa shape index (κ3) is 4.67. The second kappa shape index (κ2) is 11.4. The van der Waals surface area contributed by atoms with E-state index in [1.54, 1.807) is 19.9 Å². The molecule has 0 nitrogen and oxygen atoms in total. The van der Waals surface area contributed by atoms with Gasteiger partial charge in [-0.15, -0.1) is 0 Å². The molecule has 0 N–H and O–H groups in total. The summed E-state index contributed by atoms with van der Waals surface area (Å²) < 4.78 is 2.53. The summed E-state index contributed by atoms with van der Waals surface area (Å²) in [5.74, 6) is 0. The Balaban J connectivity index is 1.63. The summed E-state index contributed by atoms with van der Waals surface area (Å²) in [5.41, 5.74) is 17.5. The second-order valence-electron chi connectivity index (χ2n) is 12.0. The van der Waals surface area contributed by atoms with Crippen LogP contribution in [-0.4, -0.2) is 3.21 Å². The summed E-state index contributed by atoms with van der Waals surface area (Å²) in [5, 5.41) is 0. The minimum absolute atomic E-state index is 0.437. The van der Waals surface area contributed by atoms with Crippen molar-refractivity contribution >= 4 is 8.78 Å². The van der Waals surface area contributed by atoms with E-state index in [0.29, 0.717) is 7.25 Å². The Kier molecular flexibility index (Phi) is 7.41. The van der Waals surface area contributed by atoms with Crippen molar-refractivity contribution in [2.75, 3.05) is 0 Å². The maximum atomic E-state index is 2.66. The van der Waals surface area contributed by atoms with Crippen LogP contribution >= 0.6 is 0 Å². The number of allylic oxidation sites excluding steroid dienone is 2. The molecule has 0 saturated carbocycles. The molecule has 0 saturated heterocycles. The SMILES string of the molecule is CCc1ccc2c(c1)[CH]([Zr](=[C](c1ccccc1)c1ccccc1)[CH]1C=C(C)c3cc(C)ccc31)c1cc(CC)ccc1-2. The summed E-state index contributed by atoms with van der Waals surface area (Å²) >= 11 is -2.77. The molecular formula is C41H38Zr. The fraction of sp³-hybridized carbons (Fsp3) is 0.195. The van der Waals surface area contributed by atoms with Gasteiger partial charge in [-0.2, -0.15) is 0 Å². The third-order valence-electron chi connectivity index (χ3n) is 9.41. The molecule has 2 aliphatic rings. The second-order valence-corrected chi connectivity index (χ2v) is 18.4. The Labute approximate surface area is 258 Å². The maximum absolute atomic E-state index is 2.77. The molecule has 7 rings (SSSR count). The zero-order chi connectivity index (χ0) is 28.8. The van der Waals surface area contributed by atoms with E-state index in [0.717, 1.165) is 12.8 Å². The summed E-state index contributed by atoms with van der Waals surface area (Å²) in [7, 11) is 0. The first-order valence-corrected chi connectivity index (χ1v) is 19.5. The van der Waals surface area contributed by atoms with Crippen LogP contribution < -0.4 is 0 Å². The van der Waals surface area contributed by atoms with Crippen LogP contribution in [0, 0.1) is 6.92 Å². The standard InChI is InChI=1S/C17H17.C13H10.C11H11.Zr/c1-3-12-5-7-16-14(9-12)11-15-10-13(4-2)6-8-17(15)16;1-3-7-12(8-4-1)11-13-9-5-2-6-10-13;1-8-3-5-10-6-4-9(2)11(10)7-8;/h5-11H,3-4H2,1-2H3;1-10H;3-7H,1-2H3;. The van der Waals surface area contributed by atoms with Crippen molar-refractivity contribution in [3.8, 4) is 11.1 Å². The van der Waals surface area contributed by atoms with Gasteiger partial charge in [-0.05, 0) is 0 Å². The van der Waals surface area contributed by atoms with Gasteiger partial charge in [0.2, 0.25) is 0 Å². The molecule has 0 aromatic heterocycles. The molecule has 0 heterocycles. The topological polar surface area (TPSA) is 0 Å². The predicted octanol–water partition coefficient (Wildman–Crippen LogP) is 10.2. The van der Waals surface area contributed by atoms with E-state index in [1.165, 1.54) is 50.1 Å². The van der Waals surface area contributed by atoms with Crippen molar-refractivity contribution in [2.24, 2.45) is 0 Å². The predicted molar refractivity (Wildman–Crippen MR) is 176 cm³/mol. The van der Waals surface area contributed by atoms with E-state index in [-0.39, 0.29) is 0 Å². The number of benzene rings is 5. The molecule has 42 heavy (non-hydrogen) atoms. The molecule has 0 bridgehead atoms. The van der Waals surface area contributed by atoms with E-state index in [9.17, 15) is 0 Å². The molecule has 0 spiro atoms. The number of aryl methyl sites for hydroxylation is 3. The number of fused-ring (bicyclic) bond motifs is 4. The summed E-state index contributed by atoms with van der Waals surface area (Å²) in [6, 6.07) is 44.6. The zero-order valence-corrected chi connectivity index (χ0v) is 27.6. The molecule has 5 aromatic rings. The van der Waals surface area contributed by atoms with Gasteiger partial charge in [0.05, 0.1) is 0 Å². The van der Waals surface area contributed by atoms with Gasteiger partial charge in [-0.1, -0.05) is 0 Å². The summed E-state index contributed by atoms with van der Waals surface area (Å²) in [4.78, 5) is 0. The average molecular weight is 622 g/mol. The number of hydrogen-bond donors (Lipinski definition) is 0. The van der Waals surface area contributed by atoms with E-state index < -0.39 is 21.3 Å². The van der Waals surface area contributed by atoms with Crippen molar-refractivity contribution in [1.29, 1.82) is 0 Å². The van der Waals surface area contributed by atoms with Gasteiger partial charge in [0.25, 0.3) is 0 Å². The van der Waals surface area contributed by atoms with Gasteiger partial charge >= 0.3 is 260 Å². The fourth-order valence-corrected chi connectivity index (χ4v) is 17.4. The van der Waals surface area contributed by atoms with E-state index >= 15 is 0 Å². The molecule has 1 heteroatoms. The van der Waals surface area contributed by atoms with Gasteiger partial charge < -0.3 is 0 Å². The van der Waals surface area contributed by atoms with E-state index in [2.05, 4.69) is 149 Å². The monoisotopic (exact) mass is 620 g/mol. The molecule has 5 aromatic carbocycles. The number of hydrogen-bond acceptors (Lipinski definition) is 0. The first-order valence-electron chi connectivity index (χ1n) is 15.5. The van der Waals surface area contributed by atoms with Crippen LogP contribution in [0.1, 0.15) is 78.1 Å². The van der Waals surface area contributed by atoms with Crippen molar-refractivity contribution in [3.63, 3.8) is 0 Å². The molecule has 1 atom stereocenters. The van der Waals surface area contributed by atoms with E-state index in [1.807, 2.05) is 0 Å². The van der Waals surface area contributed by atoms with E-state index in [4.69, 9.17) is 0 Å². The Morgan fingerprint density at radius 1 is 0.571 bits per heavy atom. The van der Waals surface area contributed by atoms with Gasteiger partial charge in [0, 0.05) is 0 Å². The first kappa shape index (κ1) is 27.4. The Morgan fingerprint density at radius 3 is 1.64 bits per heavy atom. The normalized spacial score (nSPS) is 15.1. The molecule has 2 aliphatic carbocycles. The van der Waals surface area contributed by atoms with Crippen LogP contribution in [0.5, 0.6) is 0 Å². The van der Waals surface area contributed by atoms with Gasteiger partial charge in [-0.3, -0.25) is 0 Å². The third-order valence-corrected chi connectivity index (χ3v) is 18.1. The average Bonchev–Trinajstić information content (AvgIpc) is 3.53. The zero-order valence-electron chi connectivity index (χ0n) is 25.1. The van der Waals surface area contributed by atoms with Crippen molar-refractivity contribution in [2.45, 2.75) is 47.8 Å². The quantitative estimate of drug-likeness (QED) is 0.177. The van der Waals surface area contributed by atoms with Crippen LogP contribution in [-0.2, 0) is 34.1 Å². The Bertz CT molecular complexity index is 1760. The first-order chi connectivity index (χ1) is 20.6. The molecule has 0 radical (unpaired) electrons. The van der Waals surface area contributed by atoms with Crippen LogP contribution in [0.4, 0.5) is 0 Å². The molecule has 206 valence electrons. The van der Waals surface area contributed by atoms with Crippen LogP contribution in [0.15, 0.2) is 121 Å². The number of rotatable bonds is 6. The fourth-order valence-electron chi connectivity index (χ4n) is 7.29. The summed E-state index contributed by atoms with van der Waals surface area (Å²) in [6.45, 7) is 9.15. The van der Waals surface area contributed by atoms with Crippen LogP contribution in [0.25, 0.3) is 16.7 Å². The van der Waals surface area contributed by atoms with Crippen LogP contribution in [0.2, 0.25) is 0 Å². The minimum atomic E-state index is -2.77.